The number of halogens is 1. The van der Waals surface area contributed by atoms with Gasteiger partial charge in [-0.05, 0) is 13.3 Å². The molecule has 1 aliphatic rings. The molecule has 0 aliphatic carbocycles. The Balaban J connectivity index is 2.47. The van der Waals surface area contributed by atoms with Crippen molar-refractivity contribution in [2.24, 2.45) is 5.92 Å². The fourth-order valence-corrected chi connectivity index (χ4v) is 1.26. The van der Waals surface area contributed by atoms with Crippen molar-refractivity contribution in [3.8, 4) is 0 Å². The molecule has 1 heterocycles. The molecule has 0 saturated carbocycles. The monoisotopic (exact) mass is 144 g/mol. The van der Waals surface area contributed by atoms with E-state index in [9.17, 15) is 4.39 Å². The van der Waals surface area contributed by atoms with Crippen molar-refractivity contribution in [2.75, 3.05) is 13.2 Å². The molecule has 1 saturated heterocycles. The maximum absolute atomic E-state index is 12.9. The highest BCUT2D eigenvalue weighted by Crippen LogP contribution is 2.24. The van der Waals surface area contributed by atoms with Crippen LogP contribution in [0.25, 0.3) is 0 Å². The standard InChI is InChI=1S/C8H13FO/c1-6(2)7-3-4-10-5-8(7)9/h7-8H,1,3-5H2,2H3. The van der Waals surface area contributed by atoms with Gasteiger partial charge >= 0.3 is 0 Å². The molecular weight excluding hydrogens is 131 g/mol. The summed E-state index contributed by atoms with van der Waals surface area (Å²) in [5, 5.41) is 0. The number of allylic oxidation sites excluding steroid dienone is 1. The van der Waals surface area contributed by atoms with Crippen molar-refractivity contribution in [1.29, 1.82) is 0 Å². The van der Waals surface area contributed by atoms with Gasteiger partial charge in [-0.3, -0.25) is 0 Å². The van der Waals surface area contributed by atoms with E-state index in [1.165, 1.54) is 0 Å². The summed E-state index contributed by atoms with van der Waals surface area (Å²) < 4.78 is 17.9. The lowest BCUT2D eigenvalue weighted by atomic mass is 9.92. The first-order valence-corrected chi connectivity index (χ1v) is 3.59. The van der Waals surface area contributed by atoms with Crippen LogP contribution in [0.3, 0.4) is 0 Å². The number of alkyl halides is 1. The van der Waals surface area contributed by atoms with E-state index in [1.54, 1.807) is 0 Å². The van der Waals surface area contributed by atoms with Crippen LogP contribution in [-0.4, -0.2) is 19.4 Å². The molecule has 0 spiro atoms. The van der Waals surface area contributed by atoms with Gasteiger partial charge in [0.05, 0.1) is 6.61 Å². The van der Waals surface area contributed by atoms with E-state index in [1.807, 2.05) is 6.92 Å². The molecule has 0 amide bonds. The molecule has 0 aromatic rings. The van der Waals surface area contributed by atoms with Crippen LogP contribution >= 0.6 is 0 Å². The lowest BCUT2D eigenvalue weighted by molar-refractivity contribution is 0.00984. The van der Waals surface area contributed by atoms with Crippen molar-refractivity contribution >= 4 is 0 Å². The zero-order chi connectivity index (χ0) is 7.56. The van der Waals surface area contributed by atoms with Gasteiger partial charge in [0.25, 0.3) is 0 Å². The third kappa shape index (κ3) is 1.57. The predicted octanol–water partition coefficient (Wildman–Crippen LogP) is 1.94. The average molecular weight is 144 g/mol. The lowest BCUT2D eigenvalue weighted by Gasteiger charge is -2.25. The van der Waals surface area contributed by atoms with Crippen LogP contribution in [-0.2, 0) is 4.74 Å². The Morgan fingerprint density at radius 3 is 2.80 bits per heavy atom. The van der Waals surface area contributed by atoms with Gasteiger partial charge in [0.15, 0.2) is 0 Å². The average Bonchev–Trinajstić information content (AvgIpc) is 1.88. The largest absolute Gasteiger partial charge is 0.378 e. The Morgan fingerprint density at radius 1 is 1.70 bits per heavy atom. The molecule has 0 bridgehead atoms. The number of rotatable bonds is 1. The van der Waals surface area contributed by atoms with Crippen molar-refractivity contribution in [1.82, 2.24) is 0 Å². The molecule has 10 heavy (non-hydrogen) atoms. The molecular formula is C8H13FO. The van der Waals surface area contributed by atoms with Crippen LogP contribution in [0, 0.1) is 5.92 Å². The fourth-order valence-electron chi connectivity index (χ4n) is 1.26. The summed E-state index contributed by atoms with van der Waals surface area (Å²) in [5.74, 6) is 0.0359. The van der Waals surface area contributed by atoms with Crippen molar-refractivity contribution < 1.29 is 9.13 Å². The van der Waals surface area contributed by atoms with E-state index in [0.29, 0.717) is 6.61 Å². The van der Waals surface area contributed by atoms with Crippen LogP contribution < -0.4 is 0 Å². The Hall–Kier alpha value is -0.370. The van der Waals surface area contributed by atoms with E-state index in [4.69, 9.17) is 4.74 Å². The maximum atomic E-state index is 12.9. The Morgan fingerprint density at radius 2 is 2.40 bits per heavy atom. The van der Waals surface area contributed by atoms with Crippen molar-refractivity contribution in [3.63, 3.8) is 0 Å². The van der Waals surface area contributed by atoms with Gasteiger partial charge in [-0.1, -0.05) is 12.2 Å². The maximum Gasteiger partial charge on any atom is 0.130 e. The van der Waals surface area contributed by atoms with E-state index >= 15 is 0 Å². The van der Waals surface area contributed by atoms with Gasteiger partial charge in [-0.2, -0.15) is 0 Å². The van der Waals surface area contributed by atoms with Gasteiger partial charge < -0.3 is 4.74 Å². The smallest absolute Gasteiger partial charge is 0.130 e. The van der Waals surface area contributed by atoms with Gasteiger partial charge in [0.2, 0.25) is 0 Å². The minimum atomic E-state index is -0.828. The molecule has 2 unspecified atom stereocenters. The third-order valence-corrected chi connectivity index (χ3v) is 1.92. The SMILES string of the molecule is C=C(C)C1CCOCC1F. The molecule has 0 aromatic heterocycles. The molecule has 0 N–H and O–H groups in total. The number of ether oxygens (including phenoxy) is 1. The lowest BCUT2D eigenvalue weighted by Crippen LogP contribution is -2.29. The highest BCUT2D eigenvalue weighted by molar-refractivity contribution is 5.00. The first-order chi connectivity index (χ1) is 4.72. The van der Waals surface area contributed by atoms with Crippen LogP contribution in [0.5, 0.6) is 0 Å². The second-order valence-corrected chi connectivity index (χ2v) is 2.83. The minimum Gasteiger partial charge on any atom is -0.378 e. The Bertz CT molecular complexity index is 133. The van der Waals surface area contributed by atoms with Crippen LogP contribution in [0.4, 0.5) is 4.39 Å². The summed E-state index contributed by atoms with van der Waals surface area (Å²) in [4.78, 5) is 0. The van der Waals surface area contributed by atoms with Crippen LogP contribution in [0.1, 0.15) is 13.3 Å². The van der Waals surface area contributed by atoms with Gasteiger partial charge in [0, 0.05) is 12.5 Å². The molecule has 1 fully saturated rings. The number of hydrogen-bond acceptors (Lipinski definition) is 1. The highest BCUT2D eigenvalue weighted by Gasteiger charge is 2.25. The Labute approximate surface area is 60.9 Å². The second-order valence-electron chi connectivity index (χ2n) is 2.83. The van der Waals surface area contributed by atoms with E-state index in [-0.39, 0.29) is 12.5 Å². The second kappa shape index (κ2) is 3.15. The van der Waals surface area contributed by atoms with Crippen LogP contribution in [0.2, 0.25) is 0 Å². The summed E-state index contributed by atoms with van der Waals surface area (Å²) >= 11 is 0. The van der Waals surface area contributed by atoms with Gasteiger partial charge in [-0.25, -0.2) is 4.39 Å². The summed E-state index contributed by atoms with van der Waals surface area (Å²) in [6.45, 7) is 6.54. The molecule has 1 aliphatic heterocycles. The van der Waals surface area contributed by atoms with Crippen molar-refractivity contribution in [3.05, 3.63) is 12.2 Å². The molecule has 0 radical (unpaired) electrons. The third-order valence-electron chi connectivity index (χ3n) is 1.92. The zero-order valence-corrected chi connectivity index (χ0v) is 6.27. The molecule has 1 rings (SSSR count). The Kier molecular flexibility index (Phi) is 2.44. The molecule has 2 atom stereocenters. The topological polar surface area (TPSA) is 9.23 Å². The molecule has 0 aromatic carbocycles. The highest BCUT2D eigenvalue weighted by atomic mass is 19.1. The first-order valence-electron chi connectivity index (χ1n) is 3.59. The van der Waals surface area contributed by atoms with E-state index in [2.05, 4.69) is 6.58 Å². The summed E-state index contributed by atoms with van der Waals surface area (Å²) in [5.41, 5.74) is 0.941. The summed E-state index contributed by atoms with van der Waals surface area (Å²) in [6.07, 6.45) is -0.0394. The van der Waals surface area contributed by atoms with Crippen molar-refractivity contribution in [2.45, 2.75) is 19.5 Å². The molecule has 58 valence electrons. The number of hydrogen-bond donors (Lipinski definition) is 0. The minimum absolute atomic E-state index is 0.0359. The fraction of sp³-hybridized carbons (Fsp3) is 0.750. The summed E-state index contributed by atoms with van der Waals surface area (Å²) in [6, 6.07) is 0. The predicted molar refractivity (Wildman–Crippen MR) is 38.6 cm³/mol. The first kappa shape index (κ1) is 7.73. The molecule has 2 heteroatoms. The summed E-state index contributed by atoms with van der Waals surface area (Å²) in [7, 11) is 0. The quantitative estimate of drug-likeness (QED) is 0.511. The molecule has 1 nitrogen and oxygen atoms in total. The van der Waals surface area contributed by atoms with Crippen LogP contribution in [0.15, 0.2) is 12.2 Å². The normalized spacial score (nSPS) is 33.8. The van der Waals surface area contributed by atoms with E-state index < -0.39 is 6.17 Å². The van der Waals surface area contributed by atoms with E-state index in [0.717, 1.165) is 12.0 Å². The van der Waals surface area contributed by atoms with Gasteiger partial charge in [0.1, 0.15) is 6.17 Å². The van der Waals surface area contributed by atoms with Gasteiger partial charge in [-0.15, -0.1) is 0 Å². The zero-order valence-electron chi connectivity index (χ0n) is 6.27.